The van der Waals surface area contributed by atoms with Gasteiger partial charge in [0.15, 0.2) is 12.4 Å². The van der Waals surface area contributed by atoms with Gasteiger partial charge in [0.1, 0.15) is 0 Å². The highest BCUT2D eigenvalue weighted by Gasteiger charge is 2.32. The second-order valence-electron chi connectivity index (χ2n) is 5.91. The van der Waals surface area contributed by atoms with Crippen molar-refractivity contribution in [3.63, 3.8) is 0 Å². The number of carboxylic acid groups (broad SMARTS) is 1. The molecule has 2 heterocycles. The number of ether oxygens (including phenoxy) is 1. The van der Waals surface area contributed by atoms with E-state index in [9.17, 15) is 14.7 Å². The normalized spacial score (nSPS) is 26.8. The SMILES string of the molecule is O=C1COc2cnc(CN[C@@H]3CC[C@@H](C(=O)O)C[C@H]3O)cc2N1. The lowest BCUT2D eigenvalue weighted by Crippen LogP contribution is -2.45. The minimum absolute atomic E-state index is 0.00864. The molecule has 8 heteroatoms. The average Bonchev–Trinajstić information content (AvgIpc) is 2.53. The molecule has 124 valence electrons. The maximum atomic E-state index is 11.3. The van der Waals surface area contributed by atoms with Gasteiger partial charge in [-0.1, -0.05) is 0 Å². The first-order valence-corrected chi connectivity index (χ1v) is 7.59. The fourth-order valence-corrected chi connectivity index (χ4v) is 2.97. The minimum atomic E-state index is -0.852. The summed E-state index contributed by atoms with van der Waals surface area (Å²) >= 11 is 0. The number of nitrogens with zero attached hydrogens (tertiary/aromatic N) is 1. The van der Waals surface area contributed by atoms with Crippen LogP contribution >= 0.6 is 0 Å². The molecule has 0 aromatic carbocycles. The lowest BCUT2D eigenvalue weighted by molar-refractivity contribution is -0.144. The van der Waals surface area contributed by atoms with E-state index < -0.39 is 18.0 Å². The van der Waals surface area contributed by atoms with Crippen molar-refractivity contribution in [2.24, 2.45) is 5.92 Å². The highest BCUT2D eigenvalue weighted by molar-refractivity contribution is 5.95. The summed E-state index contributed by atoms with van der Waals surface area (Å²) in [6, 6.07) is 1.57. The number of carboxylic acids is 1. The predicted molar refractivity (Wildman–Crippen MR) is 80.0 cm³/mol. The van der Waals surface area contributed by atoms with Crippen molar-refractivity contribution in [3.05, 3.63) is 18.0 Å². The summed E-state index contributed by atoms with van der Waals surface area (Å²) in [5.74, 6) is -0.993. The van der Waals surface area contributed by atoms with E-state index in [0.717, 1.165) is 0 Å². The van der Waals surface area contributed by atoms with Crippen molar-refractivity contribution < 1.29 is 24.5 Å². The lowest BCUT2D eigenvalue weighted by Gasteiger charge is -2.31. The van der Waals surface area contributed by atoms with Gasteiger partial charge in [0.25, 0.3) is 5.91 Å². The Bertz CT molecular complexity index is 621. The van der Waals surface area contributed by atoms with Crippen LogP contribution < -0.4 is 15.4 Å². The summed E-state index contributed by atoms with van der Waals surface area (Å²) in [5.41, 5.74) is 1.30. The van der Waals surface area contributed by atoms with Crippen LogP contribution in [0, 0.1) is 5.92 Å². The van der Waals surface area contributed by atoms with Gasteiger partial charge in [-0.05, 0) is 25.3 Å². The standard InChI is InChI=1S/C15H19N3O5/c19-12-3-8(15(21)22)1-2-10(12)17-5-9-4-11-13(6-16-9)23-7-14(20)18-11/h4,6,8,10,12,17,19H,1-3,5,7H2,(H,18,20)(H,21,22)/t8-,10-,12-/m1/s1. The number of anilines is 1. The topological polar surface area (TPSA) is 121 Å². The maximum absolute atomic E-state index is 11.3. The summed E-state index contributed by atoms with van der Waals surface area (Å²) in [7, 11) is 0. The van der Waals surface area contributed by atoms with Crippen LogP contribution in [0.15, 0.2) is 12.3 Å². The van der Waals surface area contributed by atoms with E-state index in [4.69, 9.17) is 9.84 Å². The smallest absolute Gasteiger partial charge is 0.306 e. The van der Waals surface area contributed by atoms with Crippen LogP contribution in [0.25, 0.3) is 0 Å². The van der Waals surface area contributed by atoms with Crippen molar-refractivity contribution in [2.75, 3.05) is 11.9 Å². The van der Waals surface area contributed by atoms with Gasteiger partial charge in [0, 0.05) is 12.6 Å². The fourth-order valence-electron chi connectivity index (χ4n) is 2.97. The molecule has 1 aromatic rings. The number of hydrogen-bond acceptors (Lipinski definition) is 6. The van der Waals surface area contributed by atoms with Crippen LogP contribution in [0.2, 0.25) is 0 Å². The monoisotopic (exact) mass is 321 g/mol. The van der Waals surface area contributed by atoms with E-state index in [0.29, 0.717) is 36.5 Å². The number of nitrogens with one attached hydrogen (secondary N) is 2. The van der Waals surface area contributed by atoms with Crippen LogP contribution in [-0.4, -0.2) is 45.8 Å². The molecule has 8 nitrogen and oxygen atoms in total. The molecule has 3 rings (SSSR count). The molecule has 0 spiro atoms. The number of pyridine rings is 1. The Hall–Kier alpha value is -2.19. The number of amides is 1. The first-order valence-electron chi connectivity index (χ1n) is 7.59. The number of fused-ring (bicyclic) bond motifs is 1. The van der Waals surface area contributed by atoms with Crippen LogP contribution in [0.4, 0.5) is 5.69 Å². The third-order valence-corrected chi connectivity index (χ3v) is 4.27. The highest BCUT2D eigenvalue weighted by Crippen LogP contribution is 2.28. The second kappa shape index (κ2) is 6.51. The largest absolute Gasteiger partial charge is 0.481 e. The molecule has 0 bridgehead atoms. The van der Waals surface area contributed by atoms with E-state index in [-0.39, 0.29) is 25.0 Å². The third kappa shape index (κ3) is 3.59. The molecule has 0 unspecified atom stereocenters. The second-order valence-corrected chi connectivity index (χ2v) is 5.91. The molecule has 1 aliphatic carbocycles. The van der Waals surface area contributed by atoms with Crippen LogP contribution in [-0.2, 0) is 16.1 Å². The number of rotatable bonds is 4. The molecule has 23 heavy (non-hydrogen) atoms. The summed E-state index contributed by atoms with van der Waals surface area (Å²) in [5, 5.41) is 25.0. The lowest BCUT2D eigenvalue weighted by atomic mass is 9.84. The first kappa shape index (κ1) is 15.7. The third-order valence-electron chi connectivity index (χ3n) is 4.27. The van der Waals surface area contributed by atoms with E-state index in [1.54, 1.807) is 12.3 Å². The Morgan fingerprint density at radius 1 is 1.48 bits per heavy atom. The molecule has 0 radical (unpaired) electrons. The molecular weight excluding hydrogens is 302 g/mol. The summed E-state index contributed by atoms with van der Waals surface area (Å²) < 4.78 is 5.25. The Labute approximate surface area is 132 Å². The molecule has 4 N–H and O–H groups in total. The Morgan fingerprint density at radius 3 is 3.04 bits per heavy atom. The fraction of sp³-hybridized carbons (Fsp3) is 0.533. The van der Waals surface area contributed by atoms with E-state index in [1.165, 1.54) is 0 Å². The minimum Gasteiger partial charge on any atom is -0.481 e. The molecule has 3 atom stereocenters. The van der Waals surface area contributed by atoms with Gasteiger partial charge in [-0.3, -0.25) is 14.6 Å². The average molecular weight is 321 g/mol. The van der Waals surface area contributed by atoms with Gasteiger partial charge in [0.05, 0.1) is 29.6 Å². The van der Waals surface area contributed by atoms with Crippen molar-refractivity contribution in [2.45, 2.75) is 38.0 Å². The number of aromatic nitrogens is 1. The predicted octanol–water partition coefficient (Wildman–Crippen LogP) is 0.116. The van der Waals surface area contributed by atoms with Gasteiger partial charge in [-0.2, -0.15) is 0 Å². The number of aliphatic hydroxyl groups is 1. The molecule has 2 aliphatic rings. The molecule has 1 saturated carbocycles. The molecule has 1 fully saturated rings. The zero-order chi connectivity index (χ0) is 16.4. The first-order chi connectivity index (χ1) is 11.0. The summed E-state index contributed by atoms with van der Waals surface area (Å²) in [6.45, 7) is 0.411. The van der Waals surface area contributed by atoms with E-state index in [1.807, 2.05) is 0 Å². The van der Waals surface area contributed by atoms with Crippen molar-refractivity contribution >= 4 is 17.6 Å². The van der Waals surface area contributed by atoms with Gasteiger partial charge in [-0.15, -0.1) is 0 Å². The maximum Gasteiger partial charge on any atom is 0.306 e. The zero-order valence-corrected chi connectivity index (χ0v) is 12.5. The van der Waals surface area contributed by atoms with Gasteiger partial charge in [0.2, 0.25) is 0 Å². The number of hydrogen-bond donors (Lipinski definition) is 4. The Kier molecular flexibility index (Phi) is 4.44. The van der Waals surface area contributed by atoms with Gasteiger partial charge >= 0.3 is 5.97 Å². The van der Waals surface area contributed by atoms with Crippen molar-refractivity contribution in [3.8, 4) is 5.75 Å². The summed E-state index contributed by atoms with van der Waals surface area (Å²) in [4.78, 5) is 26.5. The van der Waals surface area contributed by atoms with Crippen LogP contribution in [0.5, 0.6) is 5.75 Å². The molecular formula is C15H19N3O5. The Balaban J connectivity index is 1.58. The molecule has 1 amide bonds. The van der Waals surface area contributed by atoms with E-state index >= 15 is 0 Å². The highest BCUT2D eigenvalue weighted by atomic mass is 16.5. The number of aliphatic carboxylic acids is 1. The zero-order valence-electron chi connectivity index (χ0n) is 12.5. The number of carbonyl (C=O) groups is 2. The number of carbonyl (C=O) groups excluding carboxylic acids is 1. The molecule has 0 saturated heterocycles. The van der Waals surface area contributed by atoms with Crippen molar-refractivity contribution in [1.29, 1.82) is 0 Å². The summed E-state index contributed by atoms with van der Waals surface area (Å²) in [6.07, 6.45) is 2.28. The number of aliphatic hydroxyl groups excluding tert-OH is 1. The molecule has 1 aromatic heterocycles. The van der Waals surface area contributed by atoms with Gasteiger partial charge < -0.3 is 25.6 Å². The van der Waals surface area contributed by atoms with Gasteiger partial charge in [-0.25, -0.2) is 0 Å². The van der Waals surface area contributed by atoms with E-state index in [2.05, 4.69) is 15.6 Å². The Morgan fingerprint density at radius 2 is 2.30 bits per heavy atom. The van der Waals surface area contributed by atoms with Crippen LogP contribution in [0.1, 0.15) is 25.0 Å². The van der Waals surface area contributed by atoms with Crippen LogP contribution in [0.3, 0.4) is 0 Å². The quantitative estimate of drug-likeness (QED) is 0.621. The van der Waals surface area contributed by atoms with Crippen molar-refractivity contribution in [1.82, 2.24) is 10.3 Å². The molecule has 1 aliphatic heterocycles.